The maximum absolute atomic E-state index is 12.5. The van der Waals surface area contributed by atoms with Crippen molar-refractivity contribution in [3.05, 3.63) is 76.7 Å². The fourth-order valence-electron chi connectivity index (χ4n) is 4.85. The van der Waals surface area contributed by atoms with Crippen molar-refractivity contribution in [3.8, 4) is 22.6 Å². The van der Waals surface area contributed by atoms with Crippen LogP contribution in [0.1, 0.15) is 59.6 Å². The molecule has 1 fully saturated rings. The number of rotatable bonds is 7. The van der Waals surface area contributed by atoms with Crippen molar-refractivity contribution in [1.29, 1.82) is 0 Å². The number of ether oxygens (including phenoxy) is 2. The van der Waals surface area contributed by atoms with Gasteiger partial charge in [0.1, 0.15) is 23.7 Å². The average molecular weight is 546 g/mol. The van der Waals surface area contributed by atoms with E-state index >= 15 is 0 Å². The summed E-state index contributed by atoms with van der Waals surface area (Å²) in [7, 11) is 0. The van der Waals surface area contributed by atoms with E-state index in [0.717, 1.165) is 55.0 Å². The first-order chi connectivity index (χ1) is 18.2. The normalized spacial score (nSPS) is 14.5. The second kappa shape index (κ2) is 10.5. The molecule has 1 aliphatic carbocycles. The lowest BCUT2D eigenvalue weighted by atomic mass is 9.84. The molecule has 2 aromatic heterocycles. The molecule has 0 radical (unpaired) electrons. The number of aromatic carboxylic acids is 1. The second-order valence-corrected chi connectivity index (χ2v) is 9.53. The number of hydrogen-bond acceptors (Lipinski definition) is 5. The first-order valence-electron chi connectivity index (χ1n) is 12.1. The van der Waals surface area contributed by atoms with Gasteiger partial charge in [-0.2, -0.15) is 5.10 Å². The number of hydrogen-bond donors (Lipinski definition) is 1. The fraction of sp³-hybridized carbons (Fsp3) is 0.296. The number of aromatic nitrogens is 3. The minimum atomic E-state index is -4.83. The third-order valence-electron chi connectivity index (χ3n) is 6.56. The Bertz CT molecular complexity index is 1480. The van der Waals surface area contributed by atoms with Crippen LogP contribution in [0.2, 0.25) is 5.02 Å². The Labute approximate surface area is 220 Å². The molecule has 0 amide bonds. The van der Waals surface area contributed by atoms with Crippen molar-refractivity contribution in [1.82, 2.24) is 14.6 Å². The van der Waals surface area contributed by atoms with Crippen LogP contribution in [0, 0.1) is 0 Å². The third-order valence-corrected chi connectivity index (χ3v) is 6.85. The molecular formula is C27H23ClF3N3O4. The maximum Gasteiger partial charge on any atom is 0.573 e. The summed E-state index contributed by atoms with van der Waals surface area (Å²) in [5, 5.41) is 13.8. The number of halogens is 4. The Morgan fingerprint density at radius 1 is 1.11 bits per heavy atom. The maximum atomic E-state index is 12.5. The lowest BCUT2D eigenvalue weighted by Crippen LogP contribution is -2.17. The van der Waals surface area contributed by atoms with E-state index in [0.29, 0.717) is 17.0 Å². The lowest BCUT2D eigenvalue weighted by Gasteiger charge is -2.25. The number of carboxylic acid groups (broad SMARTS) is 1. The van der Waals surface area contributed by atoms with Crippen molar-refractivity contribution < 1.29 is 32.5 Å². The van der Waals surface area contributed by atoms with Crippen molar-refractivity contribution >= 4 is 23.2 Å². The van der Waals surface area contributed by atoms with Gasteiger partial charge in [0.15, 0.2) is 5.65 Å². The van der Waals surface area contributed by atoms with Crippen LogP contribution < -0.4 is 9.47 Å². The summed E-state index contributed by atoms with van der Waals surface area (Å²) >= 11 is 5.95. The largest absolute Gasteiger partial charge is 0.573 e. The van der Waals surface area contributed by atoms with Crippen molar-refractivity contribution in [2.45, 2.75) is 51.0 Å². The highest BCUT2D eigenvalue weighted by molar-refractivity contribution is 6.32. The molecule has 5 rings (SSSR count). The van der Waals surface area contributed by atoms with Crippen LogP contribution in [-0.2, 0) is 6.61 Å². The van der Waals surface area contributed by atoms with E-state index in [9.17, 15) is 23.1 Å². The minimum Gasteiger partial charge on any atom is -0.489 e. The molecule has 1 N–H and O–H groups in total. The van der Waals surface area contributed by atoms with Gasteiger partial charge in [-0.05, 0) is 48.2 Å². The Morgan fingerprint density at radius 3 is 2.61 bits per heavy atom. The molecule has 0 atom stereocenters. The summed E-state index contributed by atoms with van der Waals surface area (Å²) in [5.74, 6) is -0.818. The predicted octanol–water partition coefficient (Wildman–Crippen LogP) is 7.27. The number of carbonyl (C=O) groups is 1. The molecule has 0 saturated heterocycles. The van der Waals surface area contributed by atoms with Gasteiger partial charge in [-0.25, -0.2) is 14.3 Å². The standard InChI is InChI=1S/C27H23ClF3N3O4/c28-22-11-16(9-10-23(22)38-27(29,30)31)15-37-19-8-4-7-18(12-19)20-13-32-25-21(26(35)36)14-33-34(25)24(20)17-5-2-1-3-6-17/h4,7-14,17H,1-3,5-6,15H2,(H,35,36). The molecule has 1 aliphatic rings. The van der Waals surface area contributed by atoms with Crippen LogP contribution in [0.15, 0.2) is 54.9 Å². The highest BCUT2D eigenvalue weighted by Crippen LogP contribution is 2.39. The Hall–Kier alpha value is -3.79. The lowest BCUT2D eigenvalue weighted by molar-refractivity contribution is -0.274. The summed E-state index contributed by atoms with van der Waals surface area (Å²) < 4.78 is 49.0. The number of fused-ring (bicyclic) bond motifs is 1. The molecule has 11 heteroatoms. The van der Waals surface area contributed by atoms with Crippen LogP contribution in [0.4, 0.5) is 13.2 Å². The van der Waals surface area contributed by atoms with Gasteiger partial charge in [-0.1, -0.05) is 49.1 Å². The van der Waals surface area contributed by atoms with E-state index in [-0.39, 0.29) is 23.1 Å². The summed E-state index contributed by atoms with van der Waals surface area (Å²) in [6.07, 6.45) is 3.46. The van der Waals surface area contributed by atoms with Crippen molar-refractivity contribution in [2.24, 2.45) is 0 Å². The smallest absolute Gasteiger partial charge is 0.489 e. The van der Waals surface area contributed by atoms with Crippen LogP contribution in [0.25, 0.3) is 16.8 Å². The molecule has 0 aliphatic heterocycles. The minimum absolute atomic E-state index is 0.0519. The topological polar surface area (TPSA) is 86.0 Å². The highest BCUT2D eigenvalue weighted by Gasteiger charge is 2.32. The molecule has 2 aromatic carbocycles. The summed E-state index contributed by atoms with van der Waals surface area (Å²) in [5.41, 5.74) is 3.52. The number of carboxylic acids is 1. The highest BCUT2D eigenvalue weighted by atomic mass is 35.5. The van der Waals surface area contributed by atoms with Crippen molar-refractivity contribution in [3.63, 3.8) is 0 Å². The quantitative estimate of drug-likeness (QED) is 0.263. The van der Waals surface area contributed by atoms with E-state index < -0.39 is 18.1 Å². The molecule has 38 heavy (non-hydrogen) atoms. The molecule has 1 saturated carbocycles. The van der Waals surface area contributed by atoms with Crippen LogP contribution in [0.5, 0.6) is 11.5 Å². The van der Waals surface area contributed by atoms with Crippen LogP contribution in [-0.4, -0.2) is 32.0 Å². The zero-order valence-corrected chi connectivity index (χ0v) is 20.8. The van der Waals surface area contributed by atoms with Crippen LogP contribution in [0.3, 0.4) is 0 Å². The zero-order chi connectivity index (χ0) is 26.9. The first-order valence-corrected chi connectivity index (χ1v) is 12.4. The SMILES string of the molecule is O=C(O)c1cnn2c(C3CCCCC3)c(-c3cccc(OCc4ccc(OC(F)(F)F)c(Cl)c4)c3)cnc12. The van der Waals surface area contributed by atoms with Gasteiger partial charge in [0.25, 0.3) is 0 Å². The molecule has 4 aromatic rings. The van der Waals surface area contributed by atoms with E-state index in [1.54, 1.807) is 16.8 Å². The Morgan fingerprint density at radius 2 is 1.89 bits per heavy atom. The monoisotopic (exact) mass is 545 g/mol. The van der Waals surface area contributed by atoms with E-state index in [1.807, 2.05) is 18.2 Å². The summed E-state index contributed by atoms with van der Waals surface area (Å²) in [6, 6.07) is 11.3. The molecule has 0 spiro atoms. The van der Waals surface area contributed by atoms with Gasteiger partial charge >= 0.3 is 12.3 Å². The van der Waals surface area contributed by atoms with E-state index in [4.69, 9.17) is 16.3 Å². The van der Waals surface area contributed by atoms with E-state index in [1.165, 1.54) is 18.3 Å². The number of nitrogens with zero attached hydrogens (tertiary/aromatic N) is 3. The van der Waals surface area contributed by atoms with E-state index in [2.05, 4.69) is 14.8 Å². The Kier molecular flexibility index (Phi) is 7.16. The number of alkyl halides is 3. The molecule has 0 unspecified atom stereocenters. The second-order valence-electron chi connectivity index (χ2n) is 9.12. The molecule has 198 valence electrons. The van der Waals surface area contributed by atoms with Gasteiger partial charge in [0, 0.05) is 17.7 Å². The van der Waals surface area contributed by atoms with Gasteiger partial charge in [-0.15, -0.1) is 13.2 Å². The molecule has 7 nitrogen and oxygen atoms in total. The Balaban J connectivity index is 1.43. The summed E-state index contributed by atoms with van der Waals surface area (Å²) in [6.45, 7) is 0.0728. The van der Waals surface area contributed by atoms with Gasteiger partial charge in [0.2, 0.25) is 0 Å². The molecule has 2 heterocycles. The van der Waals surface area contributed by atoms with Gasteiger partial charge in [-0.3, -0.25) is 0 Å². The summed E-state index contributed by atoms with van der Waals surface area (Å²) in [4.78, 5) is 16.1. The zero-order valence-electron chi connectivity index (χ0n) is 20.0. The molecular weight excluding hydrogens is 523 g/mol. The van der Waals surface area contributed by atoms with Gasteiger partial charge < -0.3 is 14.6 Å². The van der Waals surface area contributed by atoms with Crippen molar-refractivity contribution in [2.75, 3.05) is 0 Å². The third kappa shape index (κ3) is 5.55. The predicted molar refractivity (Wildman–Crippen MR) is 134 cm³/mol. The average Bonchev–Trinajstić information content (AvgIpc) is 3.33. The van der Waals surface area contributed by atoms with Gasteiger partial charge in [0.05, 0.1) is 16.9 Å². The number of benzene rings is 2. The molecule has 0 bridgehead atoms. The first kappa shape index (κ1) is 25.8. The fourth-order valence-corrected chi connectivity index (χ4v) is 5.09. The van der Waals surface area contributed by atoms with Crippen LogP contribution >= 0.6 is 11.6 Å².